The number of aromatic nitrogens is 2. The van der Waals surface area contributed by atoms with Crippen molar-refractivity contribution in [2.75, 3.05) is 6.61 Å². The van der Waals surface area contributed by atoms with Gasteiger partial charge in [0.05, 0.1) is 30.2 Å². The molecule has 1 unspecified atom stereocenters. The smallest absolute Gasteiger partial charge is 0.314 e. The molecule has 1 N–H and O–H groups in total. The first-order valence-corrected chi connectivity index (χ1v) is 6.35. The van der Waals surface area contributed by atoms with Crippen LogP contribution >= 0.6 is 0 Å². The summed E-state index contributed by atoms with van der Waals surface area (Å²) >= 11 is 0. The maximum Gasteiger partial charge on any atom is 0.314 e. The molecule has 5 heteroatoms. The Hall–Kier alpha value is -1.36. The summed E-state index contributed by atoms with van der Waals surface area (Å²) < 4.78 is 6.98. The zero-order valence-electron chi connectivity index (χ0n) is 11.1. The Morgan fingerprint density at radius 1 is 1.67 bits per heavy atom. The maximum atomic E-state index is 11.9. The molecule has 0 amide bonds. The summed E-state index contributed by atoms with van der Waals surface area (Å²) in [5.41, 5.74) is -0.279. The number of imidazole rings is 1. The third-order valence-electron chi connectivity index (χ3n) is 3.40. The van der Waals surface area contributed by atoms with E-state index in [-0.39, 0.29) is 5.97 Å². The van der Waals surface area contributed by atoms with Gasteiger partial charge >= 0.3 is 5.97 Å². The van der Waals surface area contributed by atoms with E-state index < -0.39 is 11.5 Å². The van der Waals surface area contributed by atoms with Gasteiger partial charge in [0.15, 0.2) is 0 Å². The molecule has 1 aliphatic carbocycles. The normalized spacial score (nSPS) is 17.6. The van der Waals surface area contributed by atoms with E-state index >= 15 is 0 Å². The molecule has 1 aromatic rings. The van der Waals surface area contributed by atoms with Gasteiger partial charge in [0.1, 0.15) is 6.10 Å². The van der Waals surface area contributed by atoms with Crippen molar-refractivity contribution in [3.8, 4) is 0 Å². The molecule has 0 radical (unpaired) electrons. The van der Waals surface area contributed by atoms with Gasteiger partial charge in [0.25, 0.3) is 0 Å². The molecule has 5 nitrogen and oxygen atoms in total. The molecule has 1 aliphatic rings. The number of esters is 1. The third-order valence-corrected chi connectivity index (χ3v) is 3.40. The zero-order valence-corrected chi connectivity index (χ0v) is 11.1. The number of aliphatic hydroxyl groups is 1. The molecule has 0 saturated heterocycles. The third kappa shape index (κ3) is 2.27. The number of hydrogen-bond acceptors (Lipinski definition) is 4. The Morgan fingerprint density at radius 3 is 2.89 bits per heavy atom. The van der Waals surface area contributed by atoms with Gasteiger partial charge in [-0.05, 0) is 33.6 Å². The van der Waals surface area contributed by atoms with E-state index in [0.29, 0.717) is 18.3 Å². The van der Waals surface area contributed by atoms with Crippen LogP contribution in [0.5, 0.6) is 0 Å². The molecule has 1 saturated carbocycles. The quantitative estimate of drug-likeness (QED) is 0.812. The lowest BCUT2D eigenvalue weighted by Crippen LogP contribution is -2.34. The summed E-state index contributed by atoms with van der Waals surface area (Å²) in [6, 6.07) is 0.426. The second kappa shape index (κ2) is 4.72. The first kappa shape index (κ1) is 13.1. The van der Waals surface area contributed by atoms with E-state index in [9.17, 15) is 9.90 Å². The van der Waals surface area contributed by atoms with Crippen LogP contribution in [0.1, 0.15) is 51.5 Å². The van der Waals surface area contributed by atoms with E-state index in [1.165, 1.54) is 0 Å². The average molecular weight is 252 g/mol. The van der Waals surface area contributed by atoms with Crippen LogP contribution in [0.3, 0.4) is 0 Å². The zero-order chi connectivity index (χ0) is 13.3. The molecule has 0 spiro atoms. The van der Waals surface area contributed by atoms with Crippen molar-refractivity contribution in [2.45, 2.75) is 45.8 Å². The first-order chi connectivity index (χ1) is 8.48. The van der Waals surface area contributed by atoms with Crippen molar-refractivity contribution < 1.29 is 14.6 Å². The van der Waals surface area contributed by atoms with Crippen LogP contribution in [0.4, 0.5) is 0 Å². The molecule has 0 bridgehead atoms. The van der Waals surface area contributed by atoms with Crippen LogP contribution in [0.25, 0.3) is 0 Å². The van der Waals surface area contributed by atoms with Gasteiger partial charge in [-0.15, -0.1) is 0 Å². The summed E-state index contributed by atoms with van der Waals surface area (Å²) in [5.74, 6) is -0.388. The molecule has 1 fully saturated rings. The van der Waals surface area contributed by atoms with Gasteiger partial charge in [0.2, 0.25) is 0 Å². The van der Waals surface area contributed by atoms with Crippen LogP contribution < -0.4 is 0 Å². The van der Waals surface area contributed by atoms with Crippen molar-refractivity contribution in [3.05, 3.63) is 18.2 Å². The molecular formula is C13H20N2O3. The van der Waals surface area contributed by atoms with E-state index in [1.807, 2.05) is 4.57 Å². The van der Waals surface area contributed by atoms with Gasteiger partial charge in [-0.1, -0.05) is 0 Å². The first-order valence-electron chi connectivity index (χ1n) is 6.35. The second-order valence-corrected chi connectivity index (χ2v) is 5.30. The monoisotopic (exact) mass is 252 g/mol. The van der Waals surface area contributed by atoms with E-state index in [4.69, 9.17) is 4.74 Å². The van der Waals surface area contributed by atoms with Crippen LogP contribution in [-0.2, 0) is 9.53 Å². The molecule has 0 aromatic carbocycles. The van der Waals surface area contributed by atoms with E-state index in [1.54, 1.807) is 33.3 Å². The number of ether oxygens (including phenoxy) is 1. The van der Waals surface area contributed by atoms with E-state index in [0.717, 1.165) is 12.8 Å². The Kier molecular flexibility index (Phi) is 3.43. The van der Waals surface area contributed by atoms with Crippen LogP contribution in [-0.4, -0.2) is 27.2 Å². The number of aliphatic hydroxyl groups excluding tert-OH is 1. The molecule has 100 valence electrons. The van der Waals surface area contributed by atoms with Crippen molar-refractivity contribution in [1.82, 2.24) is 9.55 Å². The van der Waals surface area contributed by atoms with Gasteiger partial charge in [-0.2, -0.15) is 0 Å². The fourth-order valence-electron chi connectivity index (χ4n) is 1.98. The minimum Gasteiger partial charge on any atom is -0.465 e. The highest BCUT2D eigenvalue weighted by molar-refractivity contribution is 5.76. The minimum absolute atomic E-state index is 0.316. The van der Waals surface area contributed by atoms with Gasteiger partial charge in [-0.25, -0.2) is 4.98 Å². The SMILES string of the molecule is CCOC(=O)C(C)(C)C(O)c1cncn1C1CC1. The lowest BCUT2D eigenvalue weighted by Gasteiger charge is -2.28. The van der Waals surface area contributed by atoms with Gasteiger partial charge in [0, 0.05) is 6.04 Å². The Balaban J connectivity index is 2.21. The number of carbonyl (C=O) groups excluding carboxylic acids is 1. The van der Waals surface area contributed by atoms with Crippen LogP contribution in [0.15, 0.2) is 12.5 Å². The number of hydrogen-bond donors (Lipinski definition) is 1. The minimum atomic E-state index is -0.970. The fraction of sp³-hybridized carbons (Fsp3) is 0.692. The molecule has 1 atom stereocenters. The highest BCUT2D eigenvalue weighted by Gasteiger charge is 2.41. The van der Waals surface area contributed by atoms with Gasteiger partial charge < -0.3 is 14.4 Å². The highest BCUT2D eigenvalue weighted by Crippen LogP contribution is 2.40. The van der Waals surface area contributed by atoms with Gasteiger partial charge in [-0.3, -0.25) is 4.79 Å². The summed E-state index contributed by atoms with van der Waals surface area (Å²) in [7, 11) is 0. The number of nitrogens with zero attached hydrogens (tertiary/aromatic N) is 2. The van der Waals surface area contributed by atoms with Crippen LogP contribution in [0, 0.1) is 5.41 Å². The van der Waals surface area contributed by atoms with Crippen molar-refractivity contribution in [2.24, 2.45) is 5.41 Å². The lowest BCUT2D eigenvalue weighted by atomic mass is 9.85. The number of carbonyl (C=O) groups is 1. The lowest BCUT2D eigenvalue weighted by molar-refractivity contribution is -0.160. The molecular weight excluding hydrogens is 232 g/mol. The topological polar surface area (TPSA) is 64.3 Å². The van der Waals surface area contributed by atoms with E-state index in [2.05, 4.69) is 4.98 Å². The summed E-state index contributed by atoms with van der Waals surface area (Å²) in [6.45, 7) is 5.46. The van der Waals surface area contributed by atoms with Crippen molar-refractivity contribution >= 4 is 5.97 Å². The summed E-state index contributed by atoms with van der Waals surface area (Å²) in [5, 5.41) is 10.4. The highest BCUT2D eigenvalue weighted by atomic mass is 16.5. The summed E-state index contributed by atoms with van der Waals surface area (Å²) in [6.07, 6.45) is 4.66. The molecule has 2 rings (SSSR count). The predicted molar refractivity (Wildman–Crippen MR) is 65.9 cm³/mol. The molecule has 1 aromatic heterocycles. The Bertz CT molecular complexity index is 435. The predicted octanol–water partition coefficient (Wildman–Crippen LogP) is 1.84. The largest absolute Gasteiger partial charge is 0.465 e. The molecule has 18 heavy (non-hydrogen) atoms. The maximum absolute atomic E-state index is 11.9. The molecule has 0 aliphatic heterocycles. The average Bonchev–Trinajstić information content (AvgIpc) is 3.06. The Labute approximate surface area is 107 Å². The fourth-order valence-corrected chi connectivity index (χ4v) is 1.98. The van der Waals surface area contributed by atoms with Crippen LogP contribution in [0.2, 0.25) is 0 Å². The summed E-state index contributed by atoms with van der Waals surface area (Å²) in [4.78, 5) is 16.0. The number of rotatable bonds is 5. The van der Waals surface area contributed by atoms with Crippen molar-refractivity contribution in [3.63, 3.8) is 0 Å². The second-order valence-electron chi connectivity index (χ2n) is 5.30. The molecule has 1 heterocycles. The Morgan fingerprint density at radius 2 is 2.33 bits per heavy atom. The van der Waals surface area contributed by atoms with Crippen molar-refractivity contribution in [1.29, 1.82) is 0 Å². The standard InChI is InChI=1S/C13H20N2O3/c1-4-18-12(17)13(2,3)11(16)10-7-14-8-15(10)9-5-6-9/h7-9,11,16H,4-6H2,1-3H3.